The summed E-state index contributed by atoms with van der Waals surface area (Å²) < 4.78 is 6.75. The molecule has 3 heteroatoms. The summed E-state index contributed by atoms with van der Waals surface area (Å²) in [6, 6.07) is 6.52. The zero-order valence-corrected chi connectivity index (χ0v) is 9.80. The molecule has 1 heterocycles. The van der Waals surface area contributed by atoms with Crippen molar-refractivity contribution < 1.29 is 4.74 Å². The van der Waals surface area contributed by atoms with Crippen LogP contribution in [0, 0.1) is 0 Å². The molecular weight excluding hydrogens is 242 g/mol. The number of hydrogen-bond donors (Lipinski definition) is 1. The summed E-state index contributed by atoms with van der Waals surface area (Å²) in [5.74, 6) is 0.959. The van der Waals surface area contributed by atoms with E-state index >= 15 is 0 Å². The lowest BCUT2D eigenvalue weighted by Crippen LogP contribution is -2.31. The van der Waals surface area contributed by atoms with Crippen molar-refractivity contribution >= 4 is 21.6 Å². The Morgan fingerprint density at radius 2 is 2.43 bits per heavy atom. The van der Waals surface area contributed by atoms with Gasteiger partial charge in [0.05, 0.1) is 11.7 Å². The van der Waals surface area contributed by atoms with Gasteiger partial charge in [-0.2, -0.15) is 0 Å². The first-order valence-corrected chi connectivity index (χ1v) is 5.78. The van der Waals surface area contributed by atoms with Crippen molar-refractivity contribution in [3.63, 3.8) is 0 Å². The van der Waals surface area contributed by atoms with Gasteiger partial charge >= 0.3 is 0 Å². The summed E-state index contributed by atoms with van der Waals surface area (Å²) in [5.41, 5.74) is 1.10. The molecule has 0 fully saturated rings. The van der Waals surface area contributed by atoms with Gasteiger partial charge in [-0.05, 0) is 24.6 Å². The van der Waals surface area contributed by atoms with Gasteiger partial charge in [0.15, 0.2) is 0 Å². The second-order valence-electron chi connectivity index (χ2n) is 3.58. The van der Waals surface area contributed by atoms with Crippen LogP contribution in [0.3, 0.4) is 0 Å². The average molecular weight is 256 g/mol. The first kappa shape index (κ1) is 9.84. The summed E-state index contributed by atoms with van der Waals surface area (Å²) >= 11 is 3.45. The maximum atomic E-state index is 5.66. The molecule has 0 spiro atoms. The number of hydrogen-bond acceptors (Lipinski definition) is 2. The minimum atomic E-state index is 0.460. The van der Waals surface area contributed by atoms with Gasteiger partial charge < -0.3 is 10.1 Å². The first-order chi connectivity index (χ1) is 6.79. The van der Waals surface area contributed by atoms with Crippen LogP contribution >= 0.6 is 15.9 Å². The molecule has 0 amide bonds. The number of anilines is 1. The number of halogens is 1. The van der Waals surface area contributed by atoms with Gasteiger partial charge in [0.1, 0.15) is 12.4 Å². The fourth-order valence-electron chi connectivity index (χ4n) is 1.70. The van der Waals surface area contributed by atoms with Crippen LogP contribution in [0.4, 0.5) is 5.69 Å². The zero-order chi connectivity index (χ0) is 9.97. The summed E-state index contributed by atoms with van der Waals surface area (Å²) in [6.07, 6.45) is 2.34. The van der Waals surface area contributed by atoms with Crippen LogP contribution in [0.25, 0.3) is 0 Å². The van der Waals surface area contributed by atoms with Crippen molar-refractivity contribution in [3.8, 4) is 5.75 Å². The summed E-state index contributed by atoms with van der Waals surface area (Å²) in [6.45, 7) is 2.97. The number of fused-ring (bicyclic) bond motifs is 1. The predicted octanol–water partition coefficient (Wildman–Crippen LogP) is 3.42. The predicted molar refractivity (Wildman–Crippen MR) is 62.0 cm³/mol. The minimum Gasteiger partial charge on any atom is -0.489 e. The normalized spacial score (nSPS) is 19.4. The van der Waals surface area contributed by atoms with E-state index in [-0.39, 0.29) is 0 Å². The molecule has 1 aliphatic heterocycles. The van der Waals surface area contributed by atoms with Gasteiger partial charge in [-0.15, -0.1) is 0 Å². The molecule has 0 radical (unpaired) electrons. The third-order valence-corrected chi connectivity index (χ3v) is 2.87. The Morgan fingerprint density at radius 3 is 3.21 bits per heavy atom. The Balaban J connectivity index is 2.16. The van der Waals surface area contributed by atoms with Gasteiger partial charge in [0.25, 0.3) is 0 Å². The molecule has 1 aliphatic rings. The molecule has 2 rings (SSSR count). The molecule has 1 atom stereocenters. The van der Waals surface area contributed by atoms with E-state index in [1.54, 1.807) is 0 Å². The van der Waals surface area contributed by atoms with E-state index in [1.807, 2.05) is 12.1 Å². The van der Waals surface area contributed by atoms with Gasteiger partial charge in [-0.1, -0.05) is 29.3 Å². The zero-order valence-electron chi connectivity index (χ0n) is 8.22. The van der Waals surface area contributed by atoms with Crippen LogP contribution in [-0.4, -0.2) is 12.6 Å². The van der Waals surface area contributed by atoms with E-state index in [0.717, 1.165) is 28.9 Å². The van der Waals surface area contributed by atoms with Crippen molar-refractivity contribution in [1.29, 1.82) is 0 Å². The second kappa shape index (κ2) is 4.22. The molecule has 1 aromatic carbocycles. The third-order valence-electron chi connectivity index (χ3n) is 2.38. The Bertz CT molecular complexity index is 327. The van der Waals surface area contributed by atoms with E-state index in [9.17, 15) is 0 Å². The third kappa shape index (κ3) is 2.03. The van der Waals surface area contributed by atoms with Gasteiger partial charge in [0, 0.05) is 4.47 Å². The molecule has 0 saturated carbocycles. The van der Waals surface area contributed by atoms with Crippen LogP contribution in [0.1, 0.15) is 19.8 Å². The number of benzene rings is 1. The van der Waals surface area contributed by atoms with Crippen LogP contribution in [-0.2, 0) is 0 Å². The maximum absolute atomic E-state index is 5.66. The number of nitrogens with one attached hydrogen (secondary N) is 1. The highest BCUT2D eigenvalue weighted by molar-refractivity contribution is 9.10. The SMILES string of the molecule is CCCC1COc2ccc(Br)cc2N1. The van der Waals surface area contributed by atoms with E-state index in [1.165, 1.54) is 6.42 Å². The van der Waals surface area contributed by atoms with Crippen molar-refractivity contribution in [2.75, 3.05) is 11.9 Å². The second-order valence-corrected chi connectivity index (χ2v) is 4.50. The lowest BCUT2D eigenvalue weighted by Gasteiger charge is -2.27. The monoisotopic (exact) mass is 255 g/mol. The molecule has 0 aliphatic carbocycles. The Hall–Kier alpha value is -0.700. The Morgan fingerprint density at radius 1 is 1.57 bits per heavy atom. The molecule has 76 valence electrons. The van der Waals surface area contributed by atoms with E-state index in [4.69, 9.17) is 4.74 Å². The molecule has 1 aromatic rings. The molecule has 1 N–H and O–H groups in total. The highest BCUT2D eigenvalue weighted by atomic mass is 79.9. The molecule has 14 heavy (non-hydrogen) atoms. The Labute approximate surface area is 92.8 Å². The van der Waals surface area contributed by atoms with Crippen LogP contribution in [0.5, 0.6) is 5.75 Å². The van der Waals surface area contributed by atoms with Crippen molar-refractivity contribution in [2.45, 2.75) is 25.8 Å². The molecular formula is C11H14BrNO. The van der Waals surface area contributed by atoms with Crippen LogP contribution in [0.15, 0.2) is 22.7 Å². The summed E-state index contributed by atoms with van der Waals surface area (Å²) in [4.78, 5) is 0. The molecule has 0 saturated heterocycles. The van der Waals surface area contributed by atoms with Gasteiger partial charge in [0.2, 0.25) is 0 Å². The first-order valence-electron chi connectivity index (χ1n) is 4.98. The molecule has 0 aromatic heterocycles. The highest BCUT2D eigenvalue weighted by Crippen LogP contribution is 2.32. The van der Waals surface area contributed by atoms with E-state index < -0.39 is 0 Å². The molecule has 1 unspecified atom stereocenters. The minimum absolute atomic E-state index is 0.460. The largest absolute Gasteiger partial charge is 0.489 e. The smallest absolute Gasteiger partial charge is 0.142 e. The number of rotatable bonds is 2. The lowest BCUT2D eigenvalue weighted by atomic mass is 10.1. The molecule has 0 bridgehead atoms. The van der Waals surface area contributed by atoms with Crippen molar-refractivity contribution in [1.82, 2.24) is 0 Å². The van der Waals surface area contributed by atoms with Crippen molar-refractivity contribution in [2.24, 2.45) is 0 Å². The Kier molecular flexibility index (Phi) is 2.96. The number of ether oxygens (including phenoxy) is 1. The fraction of sp³-hybridized carbons (Fsp3) is 0.455. The van der Waals surface area contributed by atoms with Gasteiger partial charge in [-0.3, -0.25) is 0 Å². The van der Waals surface area contributed by atoms with Crippen LogP contribution in [0.2, 0.25) is 0 Å². The van der Waals surface area contributed by atoms with E-state index in [0.29, 0.717) is 6.04 Å². The standard InChI is InChI=1S/C11H14BrNO/c1-2-3-9-7-14-11-5-4-8(12)6-10(11)13-9/h4-6,9,13H,2-3,7H2,1H3. The topological polar surface area (TPSA) is 21.3 Å². The maximum Gasteiger partial charge on any atom is 0.142 e. The summed E-state index contributed by atoms with van der Waals surface area (Å²) in [5, 5.41) is 3.48. The fourth-order valence-corrected chi connectivity index (χ4v) is 2.06. The average Bonchev–Trinajstić information content (AvgIpc) is 2.17. The summed E-state index contributed by atoms with van der Waals surface area (Å²) in [7, 11) is 0. The quantitative estimate of drug-likeness (QED) is 0.875. The molecule has 2 nitrogen and oxygen atoms in total. The van der Waals surface area contributed by atoms with E-state index in [2.05, 4.69) is 34.2 Å². The highest BCUT2D eigenvalue weighted by Gasteiger charge is 2.17. The van der Waals surface area contributed by atoms with Crippen molar-refractivity contribution in [3.05, 3.63) is 22.7 Å². The van der Waals surface area contributed by atoms with Gasteiger partial charge in [-0.25, -0.2) is 0 Å². The van der Waals surface area contributed by atoms with Crippen LogP contribution < -0.4 is 10.1 Å². The lowest BCUT2D eigenvalue weighted by molar-refractivity contribution is 0.278.